The second kappa shape index (κ2) is 11.3. The first-order valence-electron chi connectivity index (χ1n) is 12.7. The van der Waals surface area contributed by atoms with Gasteiger partial charge in [0.1, 0.15) is 11.4 Å². The number of rotatable bonds is 7. The van der Waals surface area contributed by atoms with Crippen LogP contribution >= 0.6 is 11.8 Å². The first-order valence-corrected chi connectivity index (χ1v) is 13.5. The van der Waals surface area contributed by atoms with Crippen LogP contribution in [-0.2, 0) is 23.9 Å². The number of amides is 3. The highest BCUT2D eigenvalue weighted by molar-refractivity contribution is 8.03. The van der Waals surface area contributed by atoms with E-state index >= 15 is 0 Å². The highest BCUT2D eigenvalue weighted by atomic mass is 32.2. The Morgan fingerprint density at radius 1 is 1.00 bits per heavy atom. The summed E-state index contributed by atoms with van der Waals surface area (Å²) in [6.45, 7) is 2.90. The Labute approximate surface area is 225 Å². The van der Waals surface area contributed by atoms with Crippen molar-refractivity contribution in [3.05, 3.63) is 82.5 Å². The average Bonchev–Trinajstić information content (AvgIpc) is 2.96. The van der Waals surface area contributed by atoms with Gasteiger partial charge in [-0.3, -0.25) is 9.59 Å². The van der Waals surface area contributed by atoms with Crippen molar-refractivity contribution in [3.63, 3.8) is 0 Å². The molecule has 0 spiro atoms. The third kappa shape index (κ3) is 5.00. The van der Waals surface area contributed by atoms with Gasteiger partial charge < -0.3 is 24.6 Å². The Morgan fingerprint density at radius 2 is 1.61 bits per heavy atom. The summed E-state index contributed by atoms with van der Waals surface area (Å²) in [7, 11) is 0. The third-order valence-corrected chi connectivity index (χ3v) is 8.27. The van der Waals surface area contributed by atoms with Crippen LogP contribution in [0.15, 0.2) is 71.3 Å². The van der Waals surface area contributed by atoms with E-state index in [1.54, 1.807) is 11.8 Å². The lowest BCUT2D eigenvalue weighted by Crippen LogP contribution is -2.73. The van der Waals surface area contributed by atoms with E-state index < -0.39 is 41.5 Å². The summed E-state index contributed by atoms with van der Waals surface area (Å²) in [6.07, 6.45) is 2.00. The zero-order chi connectivity index (χ0) is 26.6. The van der Waals surface area contributed by atoms with Gasteiger partial charge in [0, 0.05) is 18.0 Å². The van der Waals surface area contributed by atoms with E-state index in [-0.39, 0.29) is 5.76 Å². The van der Waals surface area contributed by atoms with Crippen LogP contribution in [0.1, 0.15) is 43.4 Å². The Morgan fingerprint density at radius 3 is 2.18 bits per heavy atom. The molecule has 38 heavy (non-hydrogen) atoms. The number of nitrogens with one attached hydrogen (secondary N) is 1. The van der Waals surface area contributed by atoms with Crippen molar-refractivity contribution in [2.75, 3.05) is 13.1 Å². The van der Waals surface area contributed by atoms with Crippen LogP contribution in [0.25, 0.3) is 0 Å². The third-order valence-electron chi connectivity index (χ3n) is 6.97. The fourth-order valence-electron chi connectivity index (χ4n) is 5.02. The fourth-order valence-corrected chi connectivity index (χ4v) is 6.32. The van der Waals surface area contributed by atoms with Gasteiger partial charge in [0.05, 0.1) is 0 Å². The maximum absolute atomic E-state index is 13.9. The Balaban J connectivity index is 1.47. The van der Waals surface area contributed by atoms with Gasteiger partial charge in [-0.05, 0) is 37.3 Å². The molecule has 5 rings (SSSR count). The summed E-state index contributed by atoms with van der Waals surface area (Å²) in [5, 5.41) is 2.01. The number of hydrogen-bond donors (Lipinski definition) is 1. The SMILES string of the molecule is CC1=C(OC(=O)N2CCCCC2)C(C(=O)OC(c2ccccc2)c2ccccc2)N2C(=O)C(NC=O)[C@H]2S1. The first kappa shape index (κ1) is 25.8. The van der Waals surface area contributed by atoms with Crippen LogP contribution in [0.2, 0.25) is 0 Å². The van der Waals surface area contributed by atoms with Crippen molar-refractivity contribution in [1.82, 2.24) is 15.1 Å². The average molecular weight is 536 g/mol. The maximum Gasteiger partial charge on any atom is 0.415 e. The molecule has 2 aromatic carbocycles. The van der Waals surface area contributed by atoms with Crippen molar-refractivity contribution in [1.29, 1.82) is 0 Å². The minimum atomic E-state index is -1.26. The van der Waals surface area contributed by atoms with Gasteiger partial charge >= 0.3 is 12.1 Å². The first-order chi connectivity index (χ1) is 18.5. The monoisotopic (exact) mass is 535 g/mol. The van der Waals surface area contributed by atoms with Crippen molar-refractivity contribution in [2.45, 2.75) is 49.7 Å². The van der Waals surface area contributed by atoms with Gasteiger partial charge in [-0.25, -0.2) is 9.59 Å². The maximum atomic E-state index is 13.9. The standard InChI is InChI=1S/C28H29N3O6S/c1-18-23(37-28(35)30-15-9-4-10-16-30)22(31-25(33)21(29-17-32)26(31)38-18)27(34)36-24(19-11-5-2-6-12-19)20-13-7-3-8-14-20/h2-3,5-8,11-14,17,21-22,24,26H,4,9-10,15-16H2,1H3,(H,29,32)/t21?,22?,26-/m1/s1. The number of β-lactam (4-membered cyclic amide) rings is 1. The number of carbonyl (C=O) groups is 4. The number of piperidine rings is 1. The fraction of sp³-hybridized carbons (Fsp3) is 0.357. The van der Waals surface area contributed by atoms with Crippen LogP contribution in [0, 0.1) is 0 Å². The summed E-state index contributed by atoms with van der Waals surface area (Å²) >= 11 is 1.28. The van der Waals surface area contributed by atoms with Crippen molar-refractivity contribution in [2.24, 2.45) is 0 Å². The van der Waals surface area contributed by atoms with Gasteiger partial charge in [-0.2, -0.15) is 0 Å². The highest BCUT2D eigenvalue weighted by Crippen LogP contribution is 2.45. The Bertz CT molecular complexity index is 1190. The smallest absolute Gasteiger partial charge is 0.415 e. The molecule has 0 bridgehead atoms. The van der Waals surface area contributed by atoms with Crippen molar-refractivity contribution < 1.29 is 28.7 Å². The number of allylic oxidation sites excluding steroid dienone is 1. The molecule has 3 aliphatic rings. The lowest BCUT2D eigenvalue weighted by Gasteiger charge is -2.52. The second-order valence-corrected chi connectivity index (χ2v) is 10.7. The van der Waals surface area contributed by atoms with E-state index in [4.69, 9.17) is 9.47 Å². The molecule has 2 fully saturated rings. The number of likely N-dealkylation sites (tertiary alicyclic amines) is 1. The largest absolute Gasteiger partial charge is 0.451 e. The lowest BCUT2D eigenvalue weighted by atomic mass is 9.99. The van der Waals surface area contributed by atoms with E-state index in [0.717, 1.165) is 30.4 Å². The molecule has 9 nitrogen and oxygen atoms in total. The van der Waals surface area contributed by atoms with Gasteiger partial charge in [0.25, 0.3) is 0 Å². The zero-order valence-electron chi connectivity index (χ0n) is 20.9. The molecule has 2 unspecified atom stereocenters. The number of hydrogen-bond acceptors (Lipinski definition) is 7. The van der Waals surface area contributed by atoms with E-state index in [1.807, 2.05) is 60.7 Å². The number of thioether (sulfide) groups is 1. The van der Waals surface area contributed by atoms with Gasteiger partial charge in [-0.15, -0.1) is 0 Å². The van der Waals surface area contributed by atoms with E-state index in [0.29, 0.717) is 24.4 Å². The minimum absolute atomic E-state index is 0.0876. The molecule has 1 N–H and O–H groups in total. The van der Waals surface area contributed by atoms with Gasteiger partial charge in [-0.1, -0.05) is 72.4 Å². The van der Waals surface area contributed by atoms with Gasteiger partial charge in [0.2, 0.25) is 12.3 Å². The topological polar surface area (TPSA) is 105 Å². The number of nitrogens with zero attached hydrogens (tertiary/aromatic N) is 2. The van der Waals surface area contributed by atoms with Crippen LogP contribution in [-0.4, -0.2) is 64.7 Å². The molecule has 2 saturated heterocycles. The van der Waals surface area contributed by atoms with Gasteiger partial charge in [0.15, 0.2) is 17.9 Å². The molecule has 0 radical (unpaired) electrons. The van der Waals surface area contributed by atoms with E-state index in [2.05, 4.69) is 5.32 Å². The molecule has 10 heteroatoms. The predicted molar refractivity (Wildman–Crippen MR) is 140 cm³/mol. The second-order valence-electron chi connectivity index (χ2n) is 9.39. The predicted octanol–water partition coefficient (Wildman–Crippen LogP) is 3.57. The summed E-state index contributed by atoms with van der Waals surface area (Å²) in [5.74, 6) is -1.07. The normalized spacial score (nSPS) is 22.9. The van der Waals surface area contributed by atoms with Crippen LogP contribution in [0.3, 0.4) is 0 Å². The number of fused-ring (bicyclic) bond motifs is 1. The number of ether oxygens (including phenoxy) is 2. The highest BCUT2D eigenvalue weighted by Gasteiger charge is 2.58. The molecule has 2 aromatic rings. The summed E-state index contributed by atoms with van der Waals surface area (Å²) < 4.78 is 11.9. The Kier molecular flexibility index (Phi) is 7.69. The quantitative estimate of drug-likeness (QED) is 0.328. The molecule has 3 aliphatic heterocycles. The molecule has 0 saturated carbocycles. The molecule has 3 atom stereocenters. The minimum Gasteiger partial charge on any atom is -0.451 e. The molecule has 198 valence electrons. The summed E-state index contributed by atoms with van der Waals surface area (Å²) in [5.41, 5.74) is 1.52. The summed E-state index contributed by atoms with van der Waals surface area (Å²) in [6, 6.07) is 16.6. The zero-order valence-corrected chi connectivity index (χ0v) is 21.8. The van der Waals surface area contributed by atoms with Crippen molar-refractivity contribution >= 4 is 36.1 Å². The van der Waals surface area contributed by atoms with Crippen LogP contribution < -0.4 is 5.32 Å². The lowest BCUT2D eigenvalue weighted by molar-refractivity contribution is -0.166. The molecule has 0 aromatic heterocycles. The van der Waals surface area contributed by atoms with Crippen LogP contribution in [0.5, 0.6) is 0 Å². The van der Waals surface area contributed by atoms with E-state index in [9.17, 15) is 19.2 Å². The molecule has 3 heterocycles. The summed E-state index contributed by atoms with van der Waals surface area (Å²) in [4.78, 5) is 54.7. The van der Waals surface area contributed by atoms with Crippen molar-refractivity contribution in [3.8, 4) is 0 Å². The molecular weight excluding hydrogens is 506 g/mol. The van der Waals surface area contributed by atoms with Crippen LogP contribution in [0.4, 0.5) is 4.79 Å². The number of benzene rings is 2. The van der Waals surface area contributed by atoms with E-state index in [1.165, 1.54) is 16.7 Å². The Hall–Kier alpha value is -3.79. The molecule has 0 aliphatic carbocycles. The molecule has 3 amide bonds. The number of carbonyl (C=O) groups excluding carboxylic acids is 4. The molecular formula is C28H29N3O6S. The number of esters is 1.